The SMILES string of the molecule is CCC(C)Oc1ccc(Br)c(CBr)c1. The molecule has 0 aromatic heterocycles. The van der Waals surface area contributed by atoms with Crippen LogP contribution in [0.15, 0.2) is 22.7 Å². The molecule has 14 heavy (non-hydrogen) atoms. The van der Waals surface area contributed by atoms with Gasteiger partial charge in [0.25, 0.3) is 0 Å². The predicted octanol–water partition coefficient (Wildman–Crippen LogP) is 4.52. The van der Waals surface area contributed by atoms with Crippen molar-refractivity contribution < 1.29 is 4.74 Å². The third kappa shape index (κ3) is 3.28. The van der Waals surface area contributed by atoms with Crippen molar-refractivity contribution in [1.82, 2.24) is 0 Å². The van der Waals surface area contributed by atoms with Gasteiger partial charge in [-0.1, -0.05) is 38.8 Å². The summed E-state index contributed by atoms with van der Waals surface area (Å²) in [5.74, 6) is 0.942. The summed E-state index contributed by atoms with van der Waals surface area (Å²) in [6.45, 7) is 4.20. The largest absolute Gasteiger partial charge is 0.491 e. The number of benzene rings is 1. The minimum Gasteiger partial charge on any atom is -0.491 e. The first kappa shape index (κ1) is 12.1. The van der Waals surface area contributed by atoms with E-state index in [9.17, 15) is 0 Å². The molecule has 0 heterocycles. The smallest absolute Gasteiger partial charge is 0.120 e. The number of rotatable bonds is 4. The fourth-order valence-corrected chi connectivity index (χ4v) is 2.27. The van der Waals surface area contributed by atoms with E-state index >= 15 is 0 Å². The second-order valence-electron chi connectivity index (χ2n) is 3.22. The first-order chi connectivity index (χ1) is 6.67. The number of alkyl halides is 1. The molecule has 0 aliphatic carbocycles. The van der Waals surface area contributed by atoms with Gasteiger partial charge in [0.05, 0.1) is 6.10 Å². The summed E-state index contributed by atoms with van der Waals surface area (Å²) in [5.41, 5.74) is 1.21. The molecule has 0 radical (unpaired) electrons. The van der Waals surface area contributed by atoms with Crippen molar-refractivity contribution in [1.29, 1.82) is 0 Å². The zero-order valence-electron chi connectivity index (χ0n) is 8.39. The van der Waals surface area contributed by atoms with Crippen LogP contribution in [0.3, 0.4) is 0 Å². The lowest BCUT2D eigenvalue weighted by Crippen LogP contribution is -2.09. The van der Waals surface area contributed by atoms with Crippen LogP contribution in [0.4, 0.5) is 0 Å². The highest BCUT2D eigenvalue weighted by Gasteiger charge is 2.04. The maximum atomic E-state index is 5.72. The molecule has 1 nitrogen and oxygen atoms in total. The molecule has 0 saturated carbocycles. The van der Waals surface area contributed by atoms with E-state index in [1.54, 1.807) is 0 Å². The minimum absolute atomic E-state index is 0.277. The Morgan fingerprint density at radius 3 is 2.71 bits per heavy atom. The van der Waals surface area contributed by atoms with E-state index in [0.717, 1.165) is 22.0 Å². The van der Waals surface area contributed by atoms with E-state index in [2.05, 4.69) is 51.8 Å². The van der Waals surface area contributed by atoms with Crippen LogP contribution in [0.25, 0.3) is 0 Å². The van der Waals surface area contributed by atoms with Gasteiger partial charge in [0.15, 0.2) is 0 Å². The Morgan fingerprint density at radius 1 is 1.43 bits per heavy atom. The molecule has 1 rings (SSSR count). The van der Waals surface area contributed by atoms with Gasteiger partial charge in [0.2, 0.25) is 0 Å². The van der Waals surface area contributed by atoms with Gasteiger partial charge in [-0.15, -0.1) is 0 Å². The lowest BCUT2D eigenvalue weighted by Gasteiger charge is -2.13. The van der Waals surface area contributed by atoms with Gasteiger partial charge in [-0.3, -0.25) is 0 Å². The average molecular weight is 322 g/mol. The summed E-state index contributed by atoms with van der Waals surface area (Å²) < 4.78 is 6.84. The van der Waals surface area contributed by atoms with Crippen LogP contribution in [0.1, 0.15) is 25.8 Å². The van der Waals surface area contributed by atoms with Crippen molar-refractivity contribution in [3.63, 3.8) is 0 Å². The van der Waals surface area contributed by atoms with E-state index in [1.165, 1.54) is 5.56 Å². The van der Waals surface area contributed by atoms with E-state index in [-0.39, 0.29) is 6.10 Å². The van der Waals surface area contributed by atoms with Crippen LogP contribution in [0, 0.1) is 0 Å². The molecule has 0 bridgehead atoms. The Balaban J connectivity index is 2.79. The van der Waals surface area contributed by atoms with Gasteiger partial charge in [-0.25, -0.2) is 0 Å². The normalized spacial score (nSPS) is 12.6. The lowest BCUT2D eigenvalue weighted by molar-refractivity contribution is 0.217. The van der Waals surface area contributed by atoms with Crippen molar-refractivity contribution in [3.05, 3.63) is 28.2 Å². The standard InChI is InChI=1S/C11H14Br2O/c1-3-8(2)14-10-4-5-11(13)9(6-10)7-12/h4-6,8H,3,7H2,1-2H3. The second-order valence-corrected chi connectivity index (χ2v) is 4.64. The molecular formula is C11H14Br2O. The Kier molecular flexibility index (Phi) is 4.96. The van der Waals surface area contributed by atoms with Crippen molar-refractivity contribution >= 4 is 31.9 Å². The van der Waals surface area contributed by atoms with Crippen LogP contribution >= 0.6 is 31.9 Å². The van der Waals surface area contributed by atoms with Crippen LogP contribution < -0.4 is 4.74 Å². The Bertz CT molecular complexity index is 299. The Labute approximate surface area is 102 Å². The van der Waals surface area contributed by atoms with Gasteiger partial charge in [-0.2, -0.15) is 0 Å². The quantitative estimate of drug-likeness (QED) is 0.741. The molecular weight excluding hydrogens is 308 g/mol. The molecule has 0 saturated heterocycles. The number of hydrogen-bond acceptors (Lipinski definition) is 1. The molecule has 3 heteroatoms. The highest BCUT2D eigenvalue weighted by atomic mass is 79.9. The topological polar surface area (TPSA) is 9.23 Å². The minimum atomic E-state index is 0.277. The van der Waals surface area contributed by atoms with Crippen LogP contribution in [0.2, 0.25) is 0 Å². The zero-order chi connectivity index (χ0) is 10.6. The molecule has 1 aromatic carbocycles. The fourth-order valence-electron chi connectivity index (χ4n) is 1.04. The Hall–Kier alpha value is -0.0200. The summed E-state index contributed by atoms with van der Waals surface area (Å²) in [6.07, 6.45) is 1.30. The van der Waals surface area contributed by atoms with E-state index in [0.29, 0.717) is 0 Å². The summed E-state index contributed by atoms with van der Waals surface area (Å²) in [7, 11) is 0. The first-order valence-corrected chi connectivity index (χ1v) is 6.59. The van der Waals surface area contributed by atoms with Gasteiger partial charge >= 0.3 is 0 Å². The van der Waals surface area contributed by atoms with Gasteiger partial charge in [-0.05, 0) is 37.1 Å². The second kappa shape index (κ2) is 5.76. The van der Waals surface area contributed by atoms with E-state index < -0.39 is 0 Å². The van der Waals surface area contributed by atoms with Crippen LogP contribution in [0.5, 0.6) is 5.75 Å². The van der Waals surface area contributed by atoms with Crippen LogP contribution in [-0.2, 0) is 5.33 Å². The number of halogens is 2. The molecule has 0 spiro atoms. The van der Waals surface area contributed by atoms with Crippen LogP contribution in [-0.4, -0.2) is 6.10 Å². The van der Waals surface area contributed by atoms with Crippen molar-refractivity contribution in [2.24, 2.45) is 0 Å². The van der Waals surface area contributed by atoms with Gasteiger partial charge in [0, 0.05) is 9.80 Å². The molecule has 0 N–H and O–H groups in total. The highest BCUT2D eigenvalue weighted by molar-refractivity contribution is 9.10. The molecule has 0 aliphatic heterocycles. The summed E-state index contributed by atoms with van der Waals surface area (Å²) in [4.78, 5) is 0. The molecule has 1 unspecified atom stereocenters. The third-order valence-electron chi connectivity index (χ3n) is 2.07. The summed E-state index contributed by atoms with van der Waals surface area (Å²) in [6, 6.07) is 6.07. The molecule has 1 aromatic rings. The van der Waals surface area contributed by atoms with Crippen molar-refractivity contribution in [2.75, 3.05) is 0 Å². The molecule has 0 amide bonds. The summed E-state index contributed by atoms with van der Waals surface area (Å²) >= 11 is 6.93. The maximum Gasteiger partial charge on any atom is 0.120 e. The molecule has 0 fully saturated rings. The number of ether oxygens (including phenoxy) is 1. The third-order valence-corrected chi connectivity index (χ3v) is 3.45. The highest BCUT2D eigenvalue weighted by Crippen LogP contribution is 2.25. The van der Waals surface area contributed by atoms with E-state index in [4.69, 9.17) is 4.74 Å². The van der Waals surface area contributed by atoms with Gasteiger partial charge in [0.1, 0.15) is 5.75 Å². The first-order valence-electron chi connectivity index (χ1n) is 4.68. The monoisotopic (exact) mass is 320 g/mol. The molecule has 0 aliphatic rings. The number of hydrogen-bond donors (Lipinski definition) is 0. The fraction of sp³-hybridized carbons (Fsp3) is 0.455. The predicted molar refractivity (Wildman–Crippen MR) is 67.2 cm³/mol. The van der Waals surface area contributed by atoms with Crippen molar-refractivity contribution in [3.8, 4) is 5.75 Å². The lowest BCUT2D eigenvalue weighted by atomic mass is 10.2. The summed E-state index contributed by atoms with van der Waals surface area (Å²) in [5, 5.41) is 0.839. The van der Waals surface area contributed by atoms with Gasteiger partial charge < -0.3 is 4.74 Å². The average Bonchev–Trinajstić information content (AvgIpc) is 2.20. The molecule has 1 atom stereocenters. The Morgan fingerprint density at radius 2 is 2.14 bits per heavy atom. The maximum absolute atomic E-state index is 5.72. The zero-order valence-corrected chi connectivity index (χ0v) is 11.6. The molecule has 78 valence electrons. The van der Waals surface area contributed by atoms with E-state index in [1.807, 2.05) is 12.1 Å². The van der Waals surface area contributed by atoms with Crippen molar-refractivity contribution in [2.45, 2.75) is 31.7 Å².